The van der Waals surface area contributed by atoms with Gasteiger partial charge in [0.1, 0.15) is 11.0 Å². The lowest BCUT2D eigenvalue weighted by Crippen LogP contribution is -2.62. The first-order valence-electron chi connectivity index (χ1n) is 9.46. The summed E-state index contributed by atoms with van der Waals surface area (Å²) in [5, 5.41) is 18.6. The van der Waals surface area contributed by atoms with Crippen molar-refractivity contribution in [3.8, 4) is 5.75 Å². The maximum absolute atomic E-state index is 12.8. The standard InChI is InChI=1S/C22H16Cl2N4O3S/c23-13-6-7-16(24)17(9-13)28-20(30)10-19(21(28)31)32-22(25)27-26-11-15-14-4-2-1-3-12(14)5-8-18(15)29/h1-9,11,19,29H,10H2,(H2,25,27)/p+1/b26-11+/t19-/m0/s1. The molecular weight excluding hydrogens is 471 g/mol. The molecule has 0 saturated carbocycles. The Morgan fingerprint density at radius 1 is 1.19 bits per heavy atom. The number of fused-ring (bicyclic) bond motifs is 1. The molecule has 1 aliphatic rings. The number of phenolic OH excluding ortho intramolecular Hbond substituents is 1. The number of amides is 2. The lowest BCUT2D eigenvalue weighted by molar-refractivity contribution is -0.456. The molecule has 1 heterocycles. The SMILES string of the molecule is NC(=N/[NH+]=C/c1c(O)ccc2ccccc12)S[C@H]1CC(=O)N(c2cc(Cl)ccc2Cl)C1=O. The molecule has 1 fully saturated rings. The molecule has 1 saturated heterocycles. The van der Waals surface area contributed by atoms with Crippen LogP contribution in [0.1, 0.15) is 12.0 Å². The van der Waals surface area contributed by atoms with Crippen molar-refractivity contribution in [1.82, 2.24) is 0 Å². The number of carbonyl (C=O) groups excluding carboxylic acids is 2. The molecule has 4 N–H and O–H groups in total. The molecule has 3 aromatic rings. The number of hydrogen-bond donors (Lipinski definition) is 3. The number of aromatic hydroxyl groups is 1. The summed E-state index contributed by atoms with van der Waals surface area (Å²) in [5.41, 5.74) is 6.75. The minimum atomic E-state index is -0.742. The van der Waals surface area contributed by atoms with Crippen LogP contribution in [0.3, 0.4) is 0 Å². The molecule has 0 bridgehead atoms. The summed E-state index contributed by atoms with van der Waals surface area (Å²) in [4.78, 5) is 26.3. The normalized spacial score (nSPS) is 17.1. The van der Waals surface area contributed by atoms with Crippen LogP contribution in [-0.4, -0.2) is 33.6 Å². The van der Waals surface area contributed by atoms with Crippen molar-refractivity contribution in [2.45, 2.75) is 11.7 Å². The lowest BCUT2D eigenvalue weighted by atomic mass is 10.0. The third-order valence-corrected chi connectivity index (χ3v) is 6.39. The average molecular weight is 488 g/mol. The molecule has 0 aromatic heterocycles. The molecule has 1 atom stereocenters. The first kappa shape index (κ1) is 22.1. The van der Waals surface area contributed by atoms with Gasteiger partial charge in [0, 0.05) is 16.5 Å². The molecule has 32 heavy (non-hydrogen) atoms. The zero-order chi connectivity index (χ0) is 22.8. The van der Waals surface area contributed by atoms with Crippen LogP contribution in [0.5, 0.6) is 5.75 Å². The summed E-state index contributed by atoms with van der Waals surface area (Å²) in [7, 11) is 0. The first-order valence-corrected chi connectivity index (χ1v) is 11.1. The molecule has 0 unspecified atom stereocenters. The topological polar surface area (TPSA) is 110 Å². The van der Waals surface area contributed by atoms with Gasteiger partial charge in [-0.2, -0.15) is 0 Å². The van der Waals surface area contributed by atoms with Crippen LogP contribution < -0.4 is 15.7 Å². The Balaban J connectivity index is 1.51. The van der Waals surface area contributed by atoms with Gasteiger partial charge >= 0.3 is 0 Å². The molecule has 10 heteroatoms. The Morgan fingerprint density at radius 2 is 1.97 bits per heavy atom. The second-order valence-electron chi connectivity index (χ2n) is 6.92. The van der Waals surface area contributed by atoms with E-state index < -0.39 is 17.1 Å². The monoisotopic (exact) mass is 487 g/mol. The Kier molecular flexibility index (Phi) is 6.36. The van der Waals surface area contributed by atoms with E-state index in [0.717, 1.165) is 27.4 Å². The number of amidine groups is 1. The molecule has 4 rings (SSSR count). The second kappa shape index (κ2) is 9.20. The number of benzene rings is 3. The highest BCUT2D eigenvalue weighted by Crippen LogP contribution is 2.35. The highest BCUT2D eigenvalue weighted by molar-refractivity contribution is 8.14. The van der Waals surface area contributed by atoms with E-state index in [0.29, 0.717) is 10.6 Å². The van der Waals surface area contributed by atoms with Gasteiger partial charge in [-0.25, -0.2) is 4.90 Å². The third-order valence-electron chi connectivity index (χ3n) is 4.85. The number of nitrogens with two attached hydrogens (primary N) is 1. The quantitative estimate of drug-likeness (QED) is 0.227. The fourth-order valence-corrected chi connectivity index (χ4v) is 4.57. The van der Waals surface area contributed by atoms with Crippen molar-refractivity contribution < 1.29 is 19.8 Å². The smallest absolute Gasteiger partial charge is 0.247 e. The van der Waals surface area contributed by atoms with Gasteiger partial charge in [0.2, 0.25) is 23.2 Å². The number of carbonyl (C=O) groups is 2. The van der Waals surface area contributed by atoms with E-state index in [-0.39, 0.29) is 28.0 Å². The number of nitrogens with one attached hydrogen (secondary N) is 1. The van der Waals surface area contributed by atoms with Gasteiger partial charge in [-0.15, -0.1) is 5.10 Å². The Bertz CT molecular complexity index is 1300. The number of rotatable bonds is 4. The predicted molar refractivity (Wildman–Crippen MR) is 128 cm³/mol. The van der Waals surface area contributed by atoms with Crippen LogP contribution in [0, 0.1) is 0 Å². The van der Waals surface area contributed by atoms with E-state index in [1.165, 1.54) is 18.3 Å². The van der Waals surface area contributed by atoms with Crippen molar-refractivity contribution in [2.24, 2.45) is 10.8 Å². The Morgan fingerprint density at radius 3 is 2.78 bits per heavy atom. The summed E-state index contributed by atoms with van der Waals surface area (Å²) >= 11 is 13.1. The zero-order valence-electron chi connectivity index (χ0n) is 16.5. The molecule has 0 radical (unpaired) electrons. The van der Waals surface area contributed by atoms with Crippen LogP contribution in [-0.2, 0) is 9.59 Å². The minimum Gasteiger partial charge on any atom is -0.507 e. The van der Waals surface area contributed by atoms with Crippen molar-refractivity contribution >= 4 is 74.6 Å². The van der Waals surface area contributed by atoms with Gasteiger partial charge in [-0.05, 0) is 35.0 Å². The van der Waals surface area contributed by atoms with Crippen LogP contribution >= 0.6 is 35.0 Å². The van der Waals surface area contributed by atoms with E-state index in [1.807, 2.05) is 30.3 Å². The molecule has 162 valence electrons. The van der Waals surface area contributed by atoms with Gasteiger partial charge in [0.15, 0.2) is 0 Å². The summed E-state index contributed by atoms with van der Waals surface area (Å²) in [6, 6.07) is 15.6. The Labute approximate surface area is 197 Å². The van der Waals surface area contributed by atoms with Crippen molar-refractivity contribution in [1.29, 1.82) is 0 Å². The van der Waals surface area contributed by atoms with Crippen LogP contribution in [0.2, 0.25) is 10.0 Å². The van der Waals surface area contributed by atoms with Crippen LogP contribution in [0.15, 0.2) is 59.7 Å². The van der Waals surface area contributed by atoms with Gasteiger partial charge in [-0.1, -0.05) is 65.3 Å². The molecule has 2 amide bonds. The van der Waals surface area contributed by atoms with Crippen LogP contribution in [0.4, 0.5) is 5.69 Å². The van der Waals surface area contributed by atoms with Gasteiger partial charge in [0.25, 0.3) is 0 Å². The van der Waals surface area contributed by atoms with E-state index in [2.05, 4.69) is 10.2 Å². The lowest BCUT2D eigenvalue weighted by Gasteiger charge is -2.16. The number of phenols is 1. The Hall–Kier alpha value is -3.07. The summed E-state index contributed by atoms with van der Waals surface area (Å²) in [6.45, 7) is 0. The predicted octanol–water partition coefficient (Wildman–Crippen LogP) is 2.65. The number of thioether (sulfide) groups is 1. The number of halogens is 2. The van der Waals surface area contributed by atoms with E-state index in [1.54, 1.807) is 12.1 Å². The van der Waals surface area contributed by atoms with Gasteiger partial charge in [-0.3, -0.25) is 9.59 Å². The minimum absolute atomic E-state index is 0.0453. The first-order chi connectivity index (χ1) is 15.3. The number of hydrogen-bond acceptors (Lipinski definition) is 5. The molecule has 1 aliphatic heterocycles. The van der Waals surface area contributed by atoms with Crippen molar-refractivity contribution in [2.75, 3.05) is 4.90 Å². The van der Waals surface area contributed by atoms with Crippen molar-refractivity contribution in [3.05, 3.63) is 70.2 Å². The average Bonchev–Trinajstić information content (AvgIpc) is 3.04. The maximum atomic E-state index is 12.8. The molecule has 0 spiro atoms. The number of nitrogens with zero attached hydrogens (tertiary/aromatic N) is 2. The molecule has 0 aliphatic carbocycles. The largest absolute Gasteiger partial charge is 0.507 e. The highest BCUT2D eigenvalue weighted by atomic mass is 35.5. The van der Waals surface area contributed by atoms with E-state index in [4.69, 9.17) is 28.9 Å². The van der Waals surface area contributed by atoms with Crippen LogP contribution in [0.25, 0.3) is 10.8 Å². The van der Waals surface area contributed by atoms with Gasteiger partial charge in [0.05, 0.1) is 16.3 Å². The summed E-state index contributed by atoms with van der Waals surface area (Å²) in [6.07, 6.45) is 1.47. The number of imide groups is 1. The maximum Gasteiger partial charge on any atom is 0.247 e. The van der Waals surface area contributed by atoms with E-state index in [9.17, 15) is 14.7 Å². The summed E-state index contributed by atoms with van der Waals surface area (Å²) in [5.74, 6) is -0.758. The molecule has 7 nitrogen and oxygen atoms in total. The zero-order valence-corrected chi connectivity index (χ0v) is 18.8. The fourth-order valence-electron chi connectivity index (χ4n) is 3.37. The second-order valence-corrected chi connectivity index (χ2v) is 8.98. The molecule has 3 aromatic carbocycles. The fraction of sp³-hybridized carbons (Fsp3) is 0.0909. The third kappa shape index (κ3) is 4.43. The molecular formula is C22H17Cl2N4O3S+. The van der Waals surface area contributed by atoms with Gasteiger partial charge < -0.3 is 10.8 Å². The highest BCUT2D eigenvalue weighted by Gasteiger charge is 2.41. The number of hydrazone groups is 1. The van der Waals surface area contributed by atoms with E-state index >= 15 is 0 Å². The number of anilines is 1. The summed E-state index contributed by atoms with van der Waals surface area (Å²) < 4.78 is 0. The van der Waals surface area contributed by atoms with Crippen molar-refractivity contribution in [3.63, 3.8) is 0 Å².